The van der Waals surface area contributed by atoms with Gasteiger partial charge in [-0.05, 0) is 13.3 Å². The molecule has 0 spiro atoms. The Morgan fingerprint density at radius 2 is 2.25 bits per heavy atom. The summed E-state index contributed by atoms with van der Waals surface area (Å²) >= 11 is 0. The SMILES string of the molecule is COCC(NC1(C)CCS(=O)(=O)C1)C(=O)O. The molecule has 0 bridgehead atoms. The van der Waals surface area contributed by atoms with Gasteiger partial charge in [0.25, 0.3) is 0 Å². The van der Waals surface area contributed by atoms with Crippen LogP contribution in [0.2, 0.25) is 0 Å². The summed E-state index contributed by atoms with van der Waals surface area (Å²) in [5.74, 6) is -0.948. The van der Waals surface area contributed by atoms with E-state index in [1.54, 1.807) is 6.92 Å². The lowest BCUT2D eigenvalue weighted by Gasteiger charge is -2.28. The van der Waals surface area contributed by atoms with Gasteiger partial charge in [0, 0.05) is 12.6 Å². The fourth-order valence-corrected chi connectivity index (χ4v) is 3.99. The minimum absolute atomic E-state index is 0.0188. The first-order valence-electron chi connectivity index (χ1n) is 4.98. The number of carboxylic acid groups (broad SMARTS) is 1. The Labute approximate surface area is 94.9 Å². The van der Waals surface area contributed by atoms with Crippen molar-refractivity contribution in [1.82, 2.24) is 5.32 Å². The summed E-state index contributed by atoms with van der Waals surface area (Å²) in [5, 5.41) is 11.8. The summed E-state index contributed by atoms with van der Waals surface area (Å²) in [6.07, 6.45) is 0.433. The van der Waals surface area contributed by atoms with Crippen molar-refractivity contribution in [3.63, 3.8) is 0 Å². The topological polar surface area (TPSA) is 92.7 Å². The number of methoxy groups -OCH3 is 1. The normalized spacial score (nSPS) is 30.1. The summed E-state index contributed by atoms with van der Waals surface area (Å²) in [4.78, 5) is 10.9. The van der Waals surface area contributed by atoms with Crippen LogP contribution in [0.15, 0.2) is 0 Å². The predicted octanol–water partition coefficient (Wildman–Crippen LogP) is -0.747. The van der Waals surface area contributed by atoms with Crippen molar-refractivity contribution in [1.29, 1.82) is 0 Å². The van der Waals surface area contributed by atoms with Gasteiger partial charge in [0.05, 0.1) is 18.1 Å². The van der Waals surface area contributed by atoms with E-state index in [0.29, 0.717) is 6.42 Å². The molecule has 1 rings (SSSR count). The number of sulfone groups is 1. The van der Waals surface area contributed by atoms with Crippen molar-refractivity contribution in [2.24, 2.45) is 0 Å². The van der Waals surface area contributed by atoms with Crippen LogP contribution in [0.3, 0.4) is 0 Å². The molecule has 6 nitrogen and oxygen atoms in total. The predicted molar refractivity (Wildman–Crippen MR) is 58.1 cm³/mol. The summed E-state index contributed by atoms with van der Waals surface area (Å²) in [5.41, 5.74) is -0.666. The van der Waals surface area contributed by atoms with Crippen molar-refractivity contribution in [3.05, 3.63) is 0 Å². The third-order valence-electron chi connectivity index (χ3n) is 2.66. The zero-order valence-corrected chi connectivity index (χ0v) is 10.2. The molecule has 0 aromatic rings. The molecule has 1 saturated heterocycles. The molecular formula is C9H17NO5S. The van der Waals surface area contributed by atoms with Gasteiger partial charge in [0.2, 0.25) is 0 Å². The second-order valence-electron chi connectivity index (χ2n) is 4.39. The molecule has 1 heterocycles. The van der Waals surface area contributed by atoms with Crippen LogP contribution in [0, 0.1) is 0 Å². The van der Waals surface area contributed by atoms with E-state index in [1.807, 2.05) is 0 Å². The smallest absolute Gasteiger partial charge is 0.323 e. The summed E-state index contributed by atoms with van der Waals surface area (Å²) in [7, 11) is -1.63. The molecule has 94 valence electrons. The van der Waals surface area contributed by atoms with Gasteiger partial charge in [-0.25, -0.2) is 8.42 Å². The van der Waals surface area contributed by atoms with Gasteiger partial charge in [-0.3, -0.25) is 10.1 Å². The van der Waals surface area contributed by atoms with Gasteiger partial charge < -0.3 is 9.84 Å². The lowest BCUT2D eigenvalue weighted by atomic mass is 10.0. The maximum atomic E-state index is 11.3. The van der Waals surface area contributed by atoms with Crippen LogP contribution in [-0.2, 0) is 19.4 Å². The average molecular weight is 251 g/mol. The van der Waals surface area contributed by atoms with E-state index in [9.17, 15) is 13.2 Å². The van der Waals surface area contributed by atoms with Gasteiger partial charge in [-0.15, -0.1) is 0 Å². The van der Waals surface area contributed by atoms with Crippen molar-refractivity contribution in [3.8, 4) is 0 Å². The highest BCUT2D eigenvalue weighted by Gasteiger charge is 2.40. The minimum atomic E-state index is -3.04. The summed E-state index contributed by atoms with van der Waals surface area (Å²) in [6.45, 7) is 1.74. The minimum Gasteiger partial charge on any atom is -0.480 e. The van der Waals surface area contributed by atoms with Crippen molar-refractivity contribution >= 4 is 15.8 Å². The number of nitrogens with one attached hydrogen (secondary N) is 1. The van der Waals surface area contributed by atoms with Crippen LogP contribution in [0.5, 0.6) is 0 Å². The lowest BCUT2D eigenvalue weighted by Crippen LogP contribution is -2.53. The Morgan fingerprint density at radius 3 is 2.62 bits per heavy atom. The van der Waals surface area contributed by atoms with Crippen LogP contribution >= 0.6 is 0 Å². The number of rotatable bonds is 5. The Balaban J connectivity index is 2.68. The van der Waals surface area contributed by atoms with E-state index >= 15 is 0 Å². The molecule has 7 heteroatoms. The van der Waals surface area contributed by atoms with Gasteiger partial charge >= 0.3 is 5.97 Å². The monoisotopic (exact) mass is 251 g/mol. The highest BCUT2D eigenvalue weighted by molar-refractivity contribution is 7.91. The zero-order chi connectivity index (χ0) is 12.4. The van der Waals surface area contributed by atoms with E-state index in [4.69, 9.17) is 9.84 Å². The number of hydrogen-bond donors (Lipinski definition) is 2. The number of carbonyl (C=O) groups is 1. The third kappa shape index (κ3) is 3.43. The van der Waals surface area contributed by atoms with E-state index in [1.165, 1.54) is 7.11 Å². The van der Waals surface area contributed by atoms with Crippen LogP contribution in [-0.4, -0.2) is 56.3 Å². The van der Waals surface area contributed by atoms with Crippen LogP contribution in [0.25, 0.3) is 0 Å². The quantitative estimate of drug-likeness (QED) is 0.668. The van der Waals surface area contributed by atoms with E-state index < -0.39 is 27.4 Å². The van der Waals surface area contributed by atoms with Crippen LogP contribution in [0.1, 0.15) is 13.3 Å². The Hall–Kier alpha value is -0.660. The summed E-state index contributed by atoms with van der Waals surface area (Å²) in [6, 6.07) is -0.872. The third-order valence-corrected chi connectivity index (χ3v) is 4.56. The molecule has 2 atom stereocenters. The first-order valence-corrected chi connectivity index (χ1v) is 6.80. The Morgan fingerprint density at radius 1 is 1.62 bits per heavy atom. The van der Waals surface area contributed by atoms with Crippen molar-refractivity contribution < 1.29 is 23.1 Å². The van der Waals surface area contributed by atoms with Crippen molar-refractivity contribution in [2.75, 3.05) is 25.2 Å². The van der Waals surface area contributed by atoms with E-state index in [-0.39, 0.29) is 18.1 Å². The second-order valence-corrected chi connectivity index (χ2v) is 6.58. The molecular weight excluding hydrogens is 234 g/mol. The van der Waals surface area contributed by atoms with Gasteiger partial charge in [0.15, 0.2) is 9.84 Å². The largest absolute Gasteiger partial charge is 0.480 e. The zero-order valence-electron chi connectivity index (χ0n) is 9.39. The van der Waals surface area contributed by atoms with Gasteiger partial charge in [-0.2, -0.15) is 0 Å². The average Bonchev–Trinajstić information content (AvgIpc) is 2.40. The fourth-order valence-electron chi connectivity index (χ4n) is 1.89. The standard InChI is InChI=1S/C9H17NO5S/c1-9(3-4-16(13,14)6-9)10-7(5-15-2)8(11)12/h7,10H,3-6H2,1-2H3,(H,11,12). The highest BCUT2D eigenvalue weighted by Crippen LogP contribution is 2.23. The van der Waals surface area contributed by atoms with Gasteiger partial charge in [-0.1, -0.05) is 0 Å². The first-order chi connectivity index (χ1) is 7.28. The van der Waals surface area contributed by atoms with Crippen LogP contribution < -0.4 is 5.32 Å². The molecule has 0 saturated carbocycles. The number of aliphatic carboxylic acids is 1. The maximum Gasteiger partial charge on any atom is 0.323 e. The Kier molecular flexibility index (Phi) is 3.92. The lowest BCUT2D eigenvalue weighted by molar-refractivity contribution is -0.141. The van der Waals surface area contributed by atoms with Gasteiger partial charge in [0.1, 0.15) is 6.04 Å². The number of carboxylic acids is 1. The molecule has 0 amide bonds. The molecule has 1 fully saturated rings. The Bertz CT molecular complexity index is 366. The van der Waals surface area contributed by atoms with Crippen LogP contribution in [0.4, 0.5) is 0 Å². The summed E-state index contributed by atoms with van der Waals surface area (Å²) < 4.78 is 27.5. The first kappa shape index (κ1) is 13.4. The van der Waals surface area contributed by atoms with E-state index in [2.05, 4.69) is 5.32 Å². The molecule has 2 unspecified atom stereocenters. The second kappa shape index (κ2) is 4.68. The van der Waals surface area contributed by atoms with E-state index in [0.717, 1.165) is 0 Å². The molecule has 1 aliphatic heterocycles. The number of ether oxygens (including phenoxy) is 1. The number of hydrogen-bond acceptors (Lipinski definition) is 5. The molecule has 0 aromatic heterocycles. The molecule has 0 aromatic carbocycles. The molecule has 0 radical (unpaired) electrons. The van der Waals surface area contributed by atoms with Crippen molar-refractivity contribution in [2.45, 2.75) is 24.9 Å². The molecule has 2 N–H and O–H groups in total. The highest BCUT2D eigenvalue weighted by atomic mass is 32.2. The maximum absolute atomic E-state index is 11.3. The fraction of sp³-hybridized carbons (Fsp3) is 0.889. The molecule has 1 aliphatic rings. The molecule has 16 heavy (non-hydrogen) atoms. The molecule has 0 aliphatic carbocycles.